The molecular formula is C58H112O6. The van der Waals surface area contributed by atoms with Crippen LogP contribution in [0.3, 0.4) is 0 Å². The highest BCUT2D eigenvalue weighted by Crippen LogP contribution is 2.18. The highest BCUT2D eigenvalue weighted by Gasteiger charge is 2.19. The van der Waals surface area contributed by atoms with Gasteiger partial charge in [-0.2, -0.15) is 0 Å². The Morgan fingerprint density at radius 3 is 0.625 bits per heavy atom. The molecule has 0 saturated carbocycles. The predicted octanol–water partition coefficient (Wildman–Crippen LogP) is 19.2. The zero-order valence-electron chi connectivity index (χ0n) is 43.6. The van der Waals surface area contributed by atoms with Crippen molar-refractivity contribution in [3.8, 4) is 0 Å². The summed E-state index contributed by atoms with van der Waals surface area (Å²) in [6.45, 7) is 6.70. The number of esters is 3. The molecule has 0 aromatic carbocycles. The Morgan fingerprint density at radius 1 is 0.250 bits per heavy atom. The summed E-state index contributed by atoms with van der Waals surface area (Å²) in [4.78, 5) is 38.1. The van der Waals surface area contributed by atoms with E-state index in [2.05, 4.69) is 20.8 Å². The van der Waals surface area contributed by atoms with Crippen LogP contribution >= 0.6 is 0 Å². The van der Waals surface area contributed by atoms with Crippen LogP contribution in [0.25, 0.3) is 0 Å². The molecule has 0 N–H and O–H groups in total. The van der Waals surface area contributed by atoms with E-state index in [1.165, 1.54) is 238 Å². The highest BCUT2D eigenvalue weighted by molar-refractivity contribution is 5.71. The molecule has 0 aromatic rings. The van der Waals surface area contributed by atoms with Crippen molar-refractivity contribution in [3.05, 3.63) is 0 Å². The van der Waals surface area contributed by atoms with E-state index in [1.807, 2.05) is 0 Å². The largest absolute Gasteiger partial charge is 0.462 e. The van der Waals surface area contributed by atoms with Crippen molar-refractivity contribution in [2.24, 2.45) is 0 Å². The number of hydrogen-bond acceptors (Lipinski definition) is 6. The number of ether oxygens (including phenoxy) is 3. The number of carbonyl (C=O) groups excluding carboxylic acids is 3. The van der Waals surface area contributed by atoms with Crippen LogP contribution in [0, 0.1) is 0 Å². The van der Waals surface area contributed by atoms with Crippen molar-refractivity contribution in [3.63, 3.8) is 0 Å². The zero-order chi connectivity index (χ0) is 46.5. The predicted molar refractivity (Wildman–Crippen MR) is 275 cm³/mol. The van der Waals surface area contributed by atoms with Crippen molar-refractivity contribution in [2.75, 3.05) is 13.2 Å². The third kappa shape index (κ3) is 51.4. The molecule has 0 rings (SSSR count). The Balaban J connectivity index is 4.22. The molecule has 64 heavy (non-hydrogen) atoms. The Labute approximate surface area is 399 Å². The first kappa shape index (κ1) is 62.4. The zero-order valence-corrected chi connectivity index (χ0v) is 43.6. The van der Waals surface area contributed by atoms with Crippen molar-refractivity contribution >= 4 is 17.9 Å². The third-order valence-corrected chi connectivity index (χ3v) is 13.4. The first-order chi connectivity index (χ1) is 31.5. The highest BCUT2D eigenvalue weighted by atomic mass is 16.6. The van der Waals surface area contributed by atoms with Crippen molar-refractivity contribution < 1.29 is 28.6 Å². The van der Waals surface area contributed by atoms with E-state index in [4.69, 9.17) is 14.2 Å². The number of unbranched alkanes of at least 4 members (excludes halogenated alkanes) is 43. The molecule has 0 heterocycles. The van der Waals surface area contributed by atoms with E-state index >= 15 is 0 Å². The van der Waals surface area contributed by atoms with Crippen LogP contribution in [0.2, 0.25) is 0 Å². The molecular weight excluding hydrogens is 793 g/mol. The van der Waals surface area contributed by atoms with Crippen molar-refractivity contribution in [1.82, 2.24) is 0 Å². The Morgan fingerprint density at radius 2 is 0.422 bits per heavy atom. The molecule has 0 aliphatic carbocycles. The van der Waals surface area contributed by atoms with Gasteiger partial charge in [0.05, 0.1) is 0 Å². The smallest absolute Gasteiger partial charge is 0.306 e. The molecule has 0 fully saturated rings. The lowest BCUT2D eigenvalue weighted by Crippen LogP contribution is -2.30. The van der Waals surface area contributed by atoms with Gasteiger partial charge in [-0.3, -0.25) is 14.4 Å². The van der Waals surface area contributed by atoms with E-state index in [1.54, 1.807) is 0 Å². The van der Waals surface area contributed by atoms with Gasteiger partial charge in [0.25, 0.3) is 0 Å². The molecule has 0 aliphatic heterocycles. The summed E-state index contributed by atoms with van der Waals surface area (Å²) < 4.78 is 16.9. The minimum absolute atomic E-state index is 0.0612. The summed E-state index contributed by atoms with van der Waals surface area (Å²) in [6.07, 6.45) is 59.6. The SMILES string of the molecule is CCCCCCCCCCCCCCCCCCCCCC(=O)OC[C@@H](COC(=O)CCCCCCCCCCCC)OC(=O)CCCCCCCCCCCCCCCCCCC. The Hall–Kier alpha value is -1.59. The molecule has 380 valence electrons. The molecule has 0 amide bonds. The minimum Gasteiger partial charge on any atom is -0.462 e. The average molecular weight is 906 g/mol. The van der Waals surface area contributed by atoms with Gasteiger partial charge in [-0.15, -0.1) is 0 Å². The minimum atomic E-state index is -0.760. The van der Waals surface area contributed by atoms with E-state index in [0.29, 0.717) is 19.3 Å². The first-order valence-electron chi connectivity index (χ1n) is 29.0. The Kier molecular flexibility index (Phi) is 52.7. The maximum absolute atomic E-state index is 12.8. The van der Waals surface area contributed by atoms with Gasteiger partial charge in [-0.25, -0.2) is 0 Å². The molecule has 0 saturated heterocycles. The fraction of sp³-hybridized carbons (Fsp3) is 0.948. The van der Waals surface area contributed by atoms with Crippen LogP contribution in [0.1, 0.15) is 335 Å². The second kappa shape index (κ2) is 54.0. The molecule has 1 atom stereocenters. The standard InChI is InChI=1S/C58H112O6/c1-4-7-10-13-16-19-22-24-26-28-29-31-32-34-36-39-42-45-48-51-57(60)63-54-55(53-62-56(59)50-47-44-41-38-21-18-15-12-9-6-3)64-58(61)52-49-46-43-40-37-35-33-30-27-25-23-20-17-14-11-8-5-2/h55H,4-54H2,1-3H3/t55-/m1/s1. The average Bonchev–Trinajstić information content (AvgIpc) is 3.29. The quantitative estimate of drug-likeness (QED) is 0.0344. The fourth-order valence-corrected chi connectivity index (χ4v) is 8.98. The van der Waals surface area contributed by atoms with Gasteiger partial charge in [0, 0.05) is 19.3 Å². The van der Waals surface area contributed by atoms with Crippen LogP contribution < -0.4 is 0 Å². The van der Waals surface area contributed by atoms with Crippen LogP contribution in [0.5, 0.6) is 0 Å². The monoisotopic (exact) mass is 905 g/mol. The van der Waals surface area contributed by atoms with Crippen LogP contribution in [0.4, 0.5) is 0 Å². The maximum atomic E-state index is 12.8. The van der Waals surface area contributed by atoms with E-state index in [-0.39, 0.29) is 31.1 Å². The topological polar surface area (TPSA) is 78.9 Å². The Bertz CT molecular complexity index is 951. The fourth-order valence-electron chi connectivity index (χ4n) is 8.98. The number of rotatable bonds is 54. The number of hydrogen-bond donors (Lipinski definition) is 0. The van der Waals surface area contributed by atoms with Gasteiger partial charge >= 0.3 is 17.9 Å². The molecule has 0 aliphatic rings. The van der Waals surface area contributed by atoms with Crippen LogP contribution in [0.15, 0.2) is 0 Å². The summed E-state index contributed by atoms with van der Waals surface area (Å²) in [6, 6.07) is 0. The molecule has 0 unspecified atom stereocenters. The summed E-state index contributed by atoms with van der Waals surface area (Å²) in [5.41, 5.74) is 0. The second-order valence-corrected chi connectivity index (χ2v) is 19.9. The summed E-state index contributed by atoms with van der Waals surface area (Å²) in [5, 5.41) is 0. The van der Waals surface area contributed by atoms with Gasteiger partial charge in [0.2, 0.25) is 0 Å². The van der Waals surface area contributed by atoms with E-state index in [9.17, 15) is 14.4 Å². The van der Waals surface area contributed by atoms with Crippen LogP contribution in [-0.2, 0) is 28.6 Å². The second-order valence-electron chi connectivity index (χ2n) is 19.9. The molecule has 6 nitrogen and oxygen atoms in total. The summed E-state index contributed by atoms with van der Waals surface area (Å²) >= 11 is 0. The lowest BCUT2D eigenvalue weighted by Gasteiger charge is -2.18. The van der Waals surface area contributed by atoms with Gasteiger partial charge in [-0.1, -0.05) is 297 Å². The lowest BCUT2D eigenvalue weighted by molar-refractivity contribution is -0.167. The van der Waals surface area contributed by atoms with E-state index in [0.717, 1.165) is 57.8 Å². The third-order valence-electron chi connectivity index (χ3n) is 13.4. The summed E-state index contributed by atoms with van der Waals surface area (Å²) in [5.74, 6) is -0.835. The van der Waals surface area contributed by atoms with Crippen LogP contribution in [-0.4, -0.2) is 37.2 Å². The van der Waals surface area contributed by atoms with E-state index < -0.39 is 6.10 Å². The maximum Gasteiger partial charge on any atom is 0.306 e. The normalized spacial score (nSPS) is 11.9. The molecule has 0 bridgehead atoms. The van der Waals surface area contributed by atoms with Crippen molar-refractivity contribution in [1.29, 1.82) is 0 Å². The van der Waals surface area contributed by atoms with Gasteiger partial charge < -0.3 is 14.2 Å². The van der Waals surface area contributed by atoms with Gasteiger partial charge in [0.1, 0.15) is 13.2 Å². The summed E-state index contributed by atoms with van der Waals surface area (Å²) in [7, 11) is 0. The van der Waals surface area contributed by atoms with Crippen molar-refractivity contribution in [2.45, 2.75) is 341 Å². The first-order valence-corrected chi connectivity index (χ1v) is 29.0. The molecule has 0 spiro atoms. The van der Waals surface area contributed by atoms with Gasteiger partial charge in [-0.05, 0) is 19.3 Å². The molecule has 0 radical (unpaired) electrons. The molecule has 6 heteroatoms. The van der Waals surface area contributed by atoms with Gasteiger partial charge in [0.15, 0.2) is 6.10 Å². The lowest BCUT2D eigenvalue weighted by atomic mass is 10.0. The number of carbonyl (C=O) groups is 3. The molecule has 0 aromatic heterocycles.